The van der Waals surface area contributed by atoms with Crippen molar-refractivity contribution in [1.29, 1.82) is 0 Å². The summed E-state index contributed by atoms with van der Waals surface area (Å²) in [4.78, 5) is 12.8. The second kappa shape index (κ2) is 3.27. The molecule has 0 radical (unpaired) electrons. The monoisotopic (exact) mass is 222 g/mol. The second-order valence-corrected chi connectivity index (χ2v) is 5.11. The van der Waals surface area contributed by atoms with Crippen molar-refractivity contribution in [3.05, 3.63) is 23.3 Å². The molecule has 0 N–H and O–H groups in total. The maximum atomic E-state index is 11.9. The Kier molecular flexibility index (Phi) is 2.30. The largest absolute Gasteiger partial charge is 0.487 e. The molecule has 3 heteroatoms. The van der Waals surface area contributed by atoms with E-state index in [1.807, 2.05) is 32.9 Å². The van der Waals surface area contributed by atoms with Crippen molar-refractivity contribution in [2.45, 2.75) is 37.7 Å². The normalized spacial score (nSPS) is 18.3. The zero-order valence-corrected chi connectivity index (χ0v) is 10.0. The van der Waals surface area contributed by atoms with Crippen LogP contribution in [0.2, 0.25) is 0 Å². The van der Waals surface area contributed by atoms with Gasteiger partial charge in [0.2, 0.25) is 0 Å². The summed E-state index contributed by atoms with van der Waals surface area (Å²) in [7, 11) is 0. The van der Waals surface area contributed by atoms with E-state index in [1.165, 1.54) is 0 Å². The van der Waals surface area contributed by atoms with E-state index >= 15 is 0 Å². The van der Waals surface area contributed by atoms with Crippen molar-refractivity contribution < 1.29 is 9.53 Å². The SMILES string of the molecule is Cc1cc(S)cc2c1C(=O)CC(C)(C)O2. The average molecular weight is 222 g/mol. The van der Waals surface area contributed by atoms with Crippen molar-refractivity contribution in [2.24, 2.45) is 0 Å². The highest BCUT2D eigenvalue weighted by molar-refractivity contribution is 7.80. The molecule has 2 rings (SSSR count). The molecule has 0 unspecified atom stereocenters. The molecule has 1 heterocycles. The summed E-state index contributed by atoms with van der Waals surface area (Å²) in [6, 6.07) is 3.70. The number of thiol groups is 1. The van der Waals surface area contributed by atoms with Crippen LogP contribution < -0.4 is 4.74 Å². The van der Waals surface area contributed by atoms with Crippen molar-refractivity contribution in [2.75, 3.05) is 0 Å². The van der Waals surface area contributed by atoms with Gasteiger partial charge in [0.1, 0.15) is 11.4 Å². The highest BCUT2D eigenvalue weighted by atomic mass is 32.1. The Labute approximate surface area is 95.0 Å². The minimum absolute atomic E-state index is 0.159. The lowest BCUT2D eigenvalue weighted by Crippen LogP contribution is -2.36. The zero-order chi connectivity index (χ0) is 11.2. The lowest BCUT2D eigenvalue weighted by Gasteiger charge is -2.32. The van der Waals surface area contributed by atoms with Crippen LogP contribution in [0.4, 0.5) is 0 Å². The fraction of sp³-hybridized carbons (Fsp3) is 0.417. The standard InChI is InChI=1S/C12H14O2S/c1-7-4-8(15)5-10-11(7)9(13)6-12(2,3)14-10/h4-5,15H,6H2,1-3H3. The van der Waals surface area contributed by atoms with Crippen molar-refractivity contribution in [1.82, 2.24) is 0 Å². The number of fused-ring (bicyclic) bond motifs is 1. The Bertz CT molecular complexity index is 435. The summed E-state index contributed by atoms with van der Waals surface area (Å²) in [6.07, 6.45) is 0.437. The van der Waals surface area contributed by atoms with Crippen LogP contribution in [0, 0.1) is 6.92 Å². The van der Waals surface area contributed by atoms with Gasteiger partial charge in [-0.05, 0) is 38.5 Å². The minimum Gasteiger partial charge on any atom is -0.487 e. The molecular weight excluding hydrogens is 208 g/mol. The van der Waals surface area contributed by atoms with E-state index in [4.69, 9.17) is 4.74 Å². The quantitative estimate of drug-likeness (QED) is 0.683. The first-order valence-corrected chi connectivity index (χ1v) is 5.40. The molecule has 0 aliphatic carbocycles. The first-order valence-electron chi connectivity index (χ1n) is 4.95. The van der Waals surface area contributed by atoms with Gasteiger partial charge >= 0.3 is 0 Å². The molecule has 1 aliphatic heterocycles. The van der Waals surface area contributed by atoms with Gasteiger partial charge in [-0.3, -0.25) is 4.79 Å². The Morgan fingerprint density at radius 3 is 2.73 bits per heavy atom. The summed E-state index contributed by atoms with van der Waals surface area (Å²) in [5, 5.41) is 0. The van der Waals surface area contributed by atoms with E-state index in [-0.39, 0.29) is 5.78 Å². The number of Topliss-reactive ketones (excluding diaryl/α,β-unsaturated/α-hetero) is 1. The van der Waals surface area contributed by atoms with Crippen LogP contribution in [0.1, 0.15) is 36.2 Å². The molecule has 0 saturated heterocycles. The number of benzene rings is 1. The highest BCUT2D eigenvalue weighted by Crippen LogP contribution is 2.36. The number of hydrogen-bond acceptors (Lipinski definition) is 3. The molecule has 0 bridgehead atoms. The fourth-order valence-corrected chi connectivity index (χ4v) is 2.29. The summed E-state index contributed by atoms with van der Waals surface area (Å²) >= 11 is 4.28. The Morgan fingerprint density at radius 1 is 1.40 bits per heavy atom. The lowest BCUT2D eigenvalue weighted by atomic mass is 9.91. The number of carbonyl (C=O) groups is 1. The van der Waals surface area contributed by atoms with E-state index < -0.39 is 5.60 Å². The van der Waals surface area contributed by atoms with Crippen LogP contribution in [0.15, 0.2) is 17.0 Å². The number of carbonyl (C=O) groups excluding carboxylic acids is 1. The van der Waals surface area contributed by atoms with Crippen LogP contribution in [0.5, 0.6) is 5.75 Å². The van der Waals surface area contributed by atoms with Crippen LogP contribution in [0.3, 0.4) is 0 Å². The molecule has 80 valence electrons. The first-order chi connectivity index (χ1) is 6.89. The van der Waals surface area contributed by atoms with E-state index in [0.717, 1.165) is 10.5 Å². The number of hydrogen-bond donors (Lipinski definition) is 1. The fourth-order valence-electron chi connectivity index (χ4n) is 1.98. The molecule has 0 aromatic heterocycles. The Hall–Kier alpha value is -0.960. The van der Waals surface area contributed by atoms with Gasteiger partial charge in [0.15, 0.2) is 5.78 Å². The van der Waals surface area contributed by atoms with Gasteiger partial charge < -0.3 is 4.74 Å². The first kappa shape index (κ1) is 10.6. The predicted molar refractivity (Wildman–Crippen MR) is 62.1 cm³/mol. The molecule has 0 atom stereocenters. The number of aryl methyl sites for hydroxylation is 1. The van der Waals surface area contributed by atoms with Gasteiger partial charge in [0.25, 0.3) is 0 Å². The average Bonchev–Trinajstić information content (AvgIpc) is 1.97. The summed E-state index contributed by atoms with van der Waals surface area (Å²) in [5.74, 6) is 0.827. The van der Waals surface area contributed by atoms with Crippen molar-refractivity contribution in [3.8, 4) is 5.75 Å². The minimum atomic E-state index is -0.405. The van der Waals surface area contributed by atoms with Gasteiger partial charge in [-0.2, -0.15) is 0 Å². The summed E-state index contributed by atoms with van der Waals surface area (Å²) < 4.78 is 5.78. The van der Waals surface area contributed by atoms with E-state index in [2.05, 4.69) is 12.6 Å². The molecule has 0 fully saturated rings. The van der Waals surface area contributed by atoms with Gasteiger partial charge in [-0.15, -0.1) is 12.6 Å². The molecule has 15 heavy (non-hydrogen) atoms. The van der Waals surface area contributed by atoms with Gasteiger partial charge in [-0.1, -0.05) is 0 Å². The predicted octanol–water partition coefficient (Wildman–Crippen LogP) is 3.03. The van der Waals surface area contributed by atoms with E-state index in [9.17, 15) is 4.79 Å². The number of ether oxygens (including phenoxy) is 1. The van der Waals surface area contributed by atoms with Crippen LogP contribution in [-0.2, 0) is 0 Å². The zero-order valence-electron chi connectivity index (χ0n) is 9.13. The third-order valence-corrected chi connectivity index (χ3v) is 2.79. The molecule has 1 aromatic carbocycles. The summed E-state index contributed by atoms with van der Waals surface area (Å²) in [6.45, 7) is 5.76. The smallest absolute Gasteiger partial charge is 0.170 e. The van der Waals surface area contributed by atoms with Crippen molar-refractivity contribution >= 4 is 18.4 Å². The van der Waals surface area contributed by atoms with E-state index in [0.29, 0.717) is 17.7 Å². The molecule has 0 spiro atoms. The molecule has 0 saturated carbocycles. The third kappa shape index (κ3) is 1.88. The number of ketones is 1. The van der Waals surface area contributed by atoms with Gasteiger partial charge in [0, 0.05) is 4.90 Å². The van der Waals surface area contributed by atoms with Gasteiger partial charge in [0.05, 0.1) is 12.0 Å². The topological polar surface area (TPSA) is 26.3 Å². The third-order valence-electron chi connectivity index (χ3n) is 2.54. The summed E-state index contributed by atoms with van der Waals surface area (Å²) in [5.41, 5.74) is 1.25. The van der Waals surface area contributed by atoms with Crippen molar-refractivity contribution in [3.63, 3.8) is 0 Å². The van der Waals surface area contributed by atoms with E-state index in [1.54, 1.807) is 0 Å². The molecule has 2 nitrogen and oxygen atoms in total. The maximum Gasteiger partial charge on any atom is 0.170 e. The Balaban J connectivity index is 2.60. The Morgan fingerprint density at radius 2 is 2.07 bits per heavy atom. The lowest BCUT2D eigenvalue weighted by molar-refractivity contribution is 0.0617. The molecule has 1 aromatic rings. The van der Waals surface area contributed by atoms with Crippen LogP contribution >= 0.6 is 12.6 Å². The van der Waals surface area contributed by atoms with Crippen LogP contribution in [-0.4, -0.2) is 11.4 Å². The molecular formula is C12H14O2S. The number of rotatable bonds is 0. The van der Waals surface area contributed by atoms with Crippen LogP contribution in [0.25, 0.3) is 0 Å². The maximum absolute atomic E-state index is 11.9. The second-order valence-electron chi connectivity index (χ2n) is 4.60. The molecule has 1 aliphatic rings. The van der Waals surface area contributed by atoms with Gasteiger partial charge in [-0.25, -0.2) is 0 Å². The highest BCUT2D eigenvalue weighted by Gasteiger charge is 2.33. The molecule has 0 amide bonds.